The molecule has 0 spiro atoms. The van der Waals surface area contributed by atoms with E-state index in [1.807, 2.05) is 31.2 Å². The molecule has 2 aromatic carbocycles. The molecule has 3 rings (SSSR count). The number of aryl methyl sites for hydroxylation is 1. The molecule has 124 valence electrons. The average Bonchev–Trinajstić information content (AvgIpc) is 2.90. The molecule has 2 N–H and O–H groups in total. The highest BCUT2D eigenvalue weighted by Crippen LogP contribution is 2.29. The Bertz CT molecular complexity index is 883. The summed E-state index contributed by atoms with van der Waals surface area (Å²) in [5.74, 6) is 1.16. The molecule has 0 bridgehead atoms. The number of aromatic amines is 1. The Balaban J connectivity index is 1.84. The van der Waals surface area contributed by atoms with Crippen LogP contribution in [0.3, 0.4) is 0 Å². The third kappa shape index (κ3) is 3.06. The van der Waals surface area contributed by atoms with Crippen LogP contribution in [0.1, 0.15) is 11.3 Å². The molecular weight excluding hydrogens is 304 g/mol. The second-order valence-corrected chi connectivity index (χ2v) is 5.57. The van der Waals surface area contributed by atoms with E-state index in [4.69, 9.17) is 9.47 Å². The molecule has 0 aliphatic rings. The first-order valence-electron chi connectivity index (χ1n) is 7.70. The van der Waals surface area contributed by atoms with Crippen LogP contribution in [0.4, 0.5) is 5.69 Å². The van der Waals surface area contributed by atoms with Crippen LogP contribution in [-0.2, 0) is 11.2 Å². The maximum atomic E-state index is 12.5. The summed E-state index contributed by atoms with van der Waals surface area (Å²) in [6.07, 6.45) is 0.288. The van der Waals surface area contributed by atoms with Gasteiger partial charge in [-0.1, -0.05) is 18.2 Å². The monoisotopic (exact) mass is 324 g/mol. The Morgan fingerprint density at radius 1 is 1.12 bits per heavy atom. The summed E-state index contributed by atoms with van der Waals surface area (Å²) in [7, 11) is 3.16. The van der Waals surface area contributed by atoms with E-state index in [1.165, 1.54) is 0 Å². The molecule has 5 heteroatoms. The Morgan fingerprint density at radius 3 is 2.67 bits per heavy atom. The van der Waals surface area contributed by atoms with Crippen molar-refractivity contribution in [2.45, 2.75) is 13.3 Å². The lowest BCUT2D eigenvalue weighted by molar-refractivity contribution is -0.115. The first kappa shape index (κ1) is 15.9. The highest BCUT2D eigenvalue weighted by Gasteiger charge is 2.14. The molecule has 0 aliphatic heterocycles. The number of carbonyl (C=O) groups excluding carboxylic acids is 1. The Kier molecular flexibility index (Phi) is 4.42. The number of benzene rings is 2. The standard InChI is InChI=1S/C19H20N2O3/c1-12-15(14-6-4-5-7-16(14)20-12)11-19(22)21-17-10-13(23-2)8-9-18(17)24-3/h4-10,20H,11H2,1-3H3,(H,21,22). The normalized spacial score (nSPS) is 10.6. The van der Waals surface area contributed by atoms with Gasteiger partial charge < -0.3 is 19.8 Å². The van der Waals surface area contributed by atoms with Crippen LogP contribution in [0.5, 0.6) is 11.5 Å². The van der Waals surface area contributed by atoms with Crippen LogP contribution < -0.4 is 14.8 Å². The lowest BCUT2D eigenvalue weighted by Crippen LogP contribution is -2.15. The van der Waals surface area contributed by atoms with Gasteiger partial charge in [0, 0.05) is 22.7 Å². The Hall–Kier alpha value is -2.95. The minimum atomic E-state index is -0.102. The van der Waals surface area contributed by atoms with E-state index < -0.39 is 0 Å². The summed E-state index contributed by atoms with van der Waals surface area (Å²) in [6, 6.07) is 13.3. The van der Waals surface area contributed by atoms with E-state index >= 15 is 0 Å². The number of H-pyrrole nitrogens is 1. The van der Waals surface area contributed by atoms with Crippen molar-refractivity contribution < 1.29 is 14.3 Å². The second-order valence-electron chi connectivity index (χ2n) is 5.57. The number of fused-ring (bicyclic) bond motifs is 1. The van der Waals surface area contributed by atoms with Gasteiger partial charge in [-0.3, -0.25) is 4.79 Å². The van der Waals surface area contributed by atoms with Crippen LogP contribution in [0.25, 0.3) is 10.9 Å². The first-order chi connectivity index (χ1) is 11.6. The molecule has 3 aromatic rings. The topological polar surface area (TPSA) is 63.4 Å². The number of nitrogens with one attached hydrogen (secondary N) is 2. The Labute approximate surface area is 140 Å². The van der Waals surface area contributed by atoms with Crippen LogP contribution in [0, 0.1) is 6.92 Å². The summed E-state index contributed by atoms with van der Waals surface area (Å²) in [4.78, 5) is 15.8. The number of hydrogen-bond donors (Lipinski definition) is 2. The molecule has 0 atom stereocenters. The van der Waals surface area contributed by atoms with Gasteiger partial charge in [0.1, 0.15) is 11.5 Å². The minimum absolute atomic E-state index is 0.102. The van der Waals surface area contributed by atoms with E-state index in [0.717, 1.165) is 22.2 Å². The van der Waals surface area contributed by atoms with Gasteiger partial charge in [0.05, 0.1) is 26.3 Å². The summed E-state index contributed by atoms with van der Waals surface area (Å²) in [5, 5.41) is 3.98. The number of amides is 1. The number of ether oxygens (including phenoxy) is 2. The average molecular weight is 324 g/mol. The van der Waals surface area contributed by atoms with Crippen LogP contribution in [0.2, 0.25) is 0 Å². The fraction of sp³-hybridized carbons (Fsp3) is 0.211. The fourth-order valence-corrected chi connectivity index (χ4v) is 2.83. The molecule has 0 fully saturated rings. The smallest absolute Gasteiger partial charge is 0.228 e. The van der Waals surface area contributed by atoms with Crippen molar-refractivity contribution in [1.29, 1.82) is 0 Å². The number of carbonyl (C=O) groups is 1. The van der Waals surface area contributed by atoms with E-state index in [-0.39, 0.29) is 12.3 Å². The van der Waals surface area contributed by atoms with Gasteiger partial charge in [-0.15, -0.1) is 0 Å². The van der Waals surface area contributed by atoms with E-state index in [9.17, 15) is 4.79 Å². The van der Waals surface area contributed by atoms with E-state index in [2.05, 4.69) is 10.3 Å². The highest BCUT2D eigenvalue weighted by molar-refractivity contribution is 5.97. The largest absolute Gasteiger partial charge is 0.497 e. The van der Waals surface area contributed by atoms with Gasteiger partial charge >= 0.3 is 0 Å². The summed E-state index contributed by atoms with van der Waals surface area (Å²) in [5.41, 5.74) is 3.64. The van der Waals surface area contributed by atoms with Crippen molar-refractivity contribution in [1.82, 2.24) is 4.98 Å². The molecule has 1 aromatic heterocycles. The number of rotatable bonds is 5. The van der Waals surface area contributed by atoms with Gasteiger partial charge in [-0.2, -0.15) is 0 Å². The fourth-order valence-electron chi connectivity index (χ4n) is 2.83. The van der Waals surface area contributed by atoms with Gasteiger partial charge in [0.2, 0.25) is 5.91 Å². The van der Waals surface area contributed by atoms with Crippen LogP contribution in [-0.4, -0.2) is 25.1 Å². The van der Waals surface area contributed by atoms with Crippen molar-refractivity contribution in [3.05, 3.63) is 53.7 Å². The first-order valence-corrected chi connectivity index (χ1v) is 7.70. The molecular formula is C19H20N2O3. The van der Waals surface area contributed by atoms with Crippen molar-refractivity contribution >= 4 is 22.5 Å². The molecule has 24 heavy (non-hydrogen) atoms. The van der Waals surface area contributed by atoms with Crippen molar-refractivity contribution in [3.8, 4) is 11.5 Å². The number of para-hydroxylation sites is 1. The third-order valence-corrected chi connectivity index (χ3v) is 4.05. The molecule has 0 aliphatic carbocycles. The molecule has 0 saturated heterocycles. The SMILES string of the molecule is COc1ccc(OC)c(NC(=O)Cc2c(C)[nH]c3ccccc23)c1. The van der Waals surface area contributed by atoms with E-state index in [0.29, 0.717) is 17.2 Å². The molecule has 0 saturated carbocycles. The summed E-state index contributed by atoms with van der Waals surface area (Å²) in [6.45, 7) is 1.98. The molecule has 0 unspecified atom stereocenters. The minimum Gasteiger partial charge on any atom is -0.497 e. The maximum absolute atomic E-state index is 12.5. The van der Waals surface area contributed by atoms with Crippen molar-refractivity contribution in [2.75, 3.05) is 19.5 Å². The molecule has 5 nitrogen and oxygen atoms in total. The van der Waals surface area contributed by atoms with Crippen molar-refractivity contribution in [2.24, 2.45) is 0 Å². The predicted molar refractivity (Wildman–Crippen MR) is 94.9 cm³/mol. The number of anilines is 1. The maximum Gasteiger partial charge on any atom is 0.228 e. The summed E-state index contributed by atoms with van der Waals surface area (Å²) >= 11 is 0. The van der Waals surface area contributed by atoms with Gasteiger partial charge in [-0.25, -0.2) is 0 Å². The van der Waals surface area contributed by atoms with Gasteiger partial charge in [0.15, 0.2) is 0 Å². The molecule has 1 heterocycles. The number of hydrogen-bond acceptors (Lipinski definition) is 3. The lowest BCUT2D eigenvalue weighted by atomic mass is 10.1. The highest BCUT2D eigenvalue weighted by atomic mass is 16.5. The number of methoxy groups -OCH3 is 2. The quantitative estimate of drug-likeness (QED) is 0.752. The second kappa shape index (κ2) is 6.66. The zero-order valence-electron chi connectivity index (χ0n) is 14.0. The number of aromatic nitrogens is 1. The van der Waals surface area contributed by atoms with Gasteiger partial charge in [-0.05, 0) is 30.7 Å². The molecule has 1 amide bonds. The van der Waals surface area contributed by atoms with Crippen molar-refractivity contribution in [3.63, 3.8) is 0 Å². The zero-order chi connectivity index (χ0) is 17.1. The van der Waals surface area contributed by atoms with E-state index in [1.54, 1.807) is 32.4 Å². The predicted octanol–water partition coefficient (Wildman–Crippen LogP) is 3.67. The van der Waals surface area contributed by atoms with Gasteiger partial charge in [0.25, 0.3) is 0 Å². The molecule has 0 radical (unpaired) electrons. The summed E-state index contributed by atoms with van der Waals surface area (Å²) < 4.78 is 10.5. The Morgan fingerprint density at radius 2 is 1.92 bits per heavy atom. The third-order valence-electron chi connectivity index (χ3n) is 4.05. The zero-order valence-corrected chi connectivity index (χ0v) is 14.0. The lowest BCUT2D eigenvalue weighted by Gasteiger charge is -2.12. The van der Waals surface area contributed by atoms with Crippen LogP contribution >= 0.6 is 0 Å². The van der Waals surface area contributed by atoms with Crippen LogP contribution in [0.15, 0.2) is 42.5 Å².